The van der Waals surface area contributed by atoms with Gasteiger partial charge in [0, 0.05) is 18.9 Å². The highest BCUT2D eigenvalue weighted by Crippen LogP contribution is 2.21. The molecule has 0 bridgehead atoms. The molecule has 0 unspecified atom stereocenters. The SMILES string of the molecule is Cl.Cl.c1ccc(C(NCCCn2ccnc2)c2ccccc2)cc1. The Bertz CT molecular complexity index is 618. The molecular weight excluding hydrogens is 341 g/mol. The van der Waals surface area contributed by atoms with Crippen molar-refractivity contribution in [2.45, 2.75) is 19.0 Å². The summed E-state index contributed by atoms with van der Waals surface area (Å²) >= 11 is 0. The number of hydrogen-bond acceptors (Lipinski definition) is 2. The van der Waals surface area contributed by atoms with Crippen molar-refractivity contribution in [2.24, 2.45) is 0 Å². The number of hydrogen-bond donors (Lipinski definition) is 1. The maximum atomic E-state index is 4.07. The lowest BCUT2D eigenvalue weighted by molar-refractivity contribution is 0.544. The van der Waals surface area contributed by atoms with E-state index in [0.717, 1.165) is 19.5 Å². The van der Waals surface area contributed by atoms with Crippen molar-refractivity contribution in [3.63, 3.8) is 0 Å². The molecule has 0 aliphatic heterocycles. The van der Waals surface area contributed by atoms with E-state index >= 15 is 0 Å². The molecule has 3 aromatic rings. The summed E-state index contributed by atoms with van der Waals surface area (Å²) in [7, 11) is 0. The molecule has 0 radical (unpaired) electrons. The highest BCUT2D eigenvalue weighted by Gasteiger charge is 2.12. The van der Waals surface area contributed by atoms with Gasteiger partial charge in [-0.3, -0.25) is 0 Å². The fourth-order valence-corrected chi connectivity index (χ4v) is 2.65. The highest BCUT2D eigenvalue weighted by molar-refractivity contribution is 5.85. The average molecular weight is 364 g/mol. The molecule has 24 heavy (non-hydrogen) atoms. The lowest BCUT2D eigenvalue weighted by atomic mass is 9.99. The van der Waals surface area contributed by atoms with Crippen LogP contribution in [0.1, 0.15) is 23.6 Å². The second-order valence-electron chi connectivity index (χ2n) is 5.36. The Hall–Kier alpha value is -1.81. The van der Waals surface area contributed by atoms with Gasteiger partial charge in [0.25, 0.3) is 0 Å². The largest absolute Gasteiger partial charge is 0.337 e. The van der Waals surface area contributed by atoms with E-state index in [1.165, 1.54) is 11.1 Å². The van der Waals surface area contributed by atoms with E-state index in [0.29, 0.717) is 0 Å². The summed E-state index contributed by atoms with van der Waals surface area (Å²) in [4.78, 5) is 4.07. The molecule has 3 rings (SSSR count). The number of benzene rings is 2. The number of aryl methyl sites for hydroxylation is 1. The Morgan fingerprint density at radius 3 is 1.96 bits per heavy atom. The first-order valence-electron chi connectivity index (χ1n) is 7.72. The minimum atomic E-state index is 0. The Morgan fingerprint density at radius 1 is 0.875 bits per heavy atom. The lowest BCUT2D eigenvalue weighted by Crippen LogP contribution is -2.24. The number of nitrogens with zero attached hydrogens (tertiary/aromatic N) is 2. The summed E-state index contributed by atoms with van der Waals surface area (Å²) in [5.74, 6) is 0. The molecule has 0 aliphatic rings. The van der Waals surface area contributed by atoms with Crippen LogP contribution in [0, 0.1) is 0 Å². The predicted octanol–water partition coefficient (Wildman–Crippen LogP) is 4.50. The Balaban J connectivity index is 0.00000144. The standard InChI is InChI=1S/C19H21N3.2ClH/c1-3-8-17(9-4-1)19(18-10-5-2-6-11-18)21-12-7-14-22-15-13-20-16-22;;/h1-6,8-11,13,15-16,19,21H,7,12,14H2;2*1H. The first-order chi connectivity index (χ1) is 10.9. The quantitative estimate of drug-likeness (QED) is 0.626. The molecule has 0 saturated carbocycles. The summed E-state index contributed by atoms with van der Waals surface area (Å²) in [6.45, 7) is 1.95. The van der Waals surface area contributed by atoms with Crippen molar-refractivity contribution in [2.75, 3.05) is 6.54 Å². The summed E-state index contributed by atoms with van der Waals surface area (Å²) in [6, 6.07) is 21.5. The third-order valence-corrected chi connectivity index (χ3v) is 3.77. The Labute approximate surface area is 156 Å². The normalized spacial score (nSPS) is 10.0. The van der Waals surface area contributed by atoms with Crippen molar-refractivity contribution in [1.82, 2.24) is 14.9 Å². The smallest absolute Gasteiger partial charge is 0.0945 e. The van der Waals surface area contributed by atoms with Crippen molar-refractivity contribution in [3.8, 4) is 0 Å². The van der Waals surface area contributed by atoms with Crippen molar-refractivity contribution >= 4 is 24.8 Å². The van der Waals surface area contributed by atoms with Crippen LogP contribution in [-0.4, -0.2) is 16.1 Å². The van der Waals surface area contributed by atoms with Gasteiger partial charge in [-0.25, -0.2) is 4.98 Å². The molecule has 3 nitrogen and oxygen atoms in total. The summed E-state index contributed by atoms with van der Waals surface area (Å²) in [5.41, 5.74) is 2.60. The first-order valence-corrected chi connectivity index (χ1v) is 7.72. The zero-order valence-electron chi connectivity index (χ0n) is 13.4. The van der Waals surface area contributed by atoms with Crippen LogP contribution in [0.4, 0.5) is 0 Å². The van der Waals surface area contributed by atoms with Crippen LogP contribution in [0.3, 0.4) is 0 Å². The van der Waals surface area contributed by atoms with Gasteiger partial charge < -0.3 is 9.88 Å². The van der Waals surface area contributed by atoms with Crippen LogP contribution < -0.4 is 5.32 Å². The lowest BCUT2D eigenvalue weighted by Gasteiger charge is -2.20. The summed E-state index contributed by atoms with van der Waals surface area (Å²) in [6.07, 6.45) is 6.77. The Kier molecular flexibility index (Phi) is 9.16. The molecule has 5 heteroatoms. The average Bonchev–Trinajstić information content (AvgIpc) is 3.10. The number of nitrogens with one attached hydrogen (secondary N) is 1. The second-order valence-corrected chi connectivity index (χ2v) is 5.36. The molecule has 0 aliphatic carbocycles. The zero-order chi connectivity index (χ0) is 15.0. The van der Waals surface area contributed by atoms with Gasteiger partial charge in [0.05, 0.1) is 12.4 Å². The number of halogens is 2. The van der Waals surface area contributed by atoms with E-state index in [4.69, 9.17) is 0 Å². The van der Waals surface area contributed by atoms with Crippen LogP contribution in [0.2, 0.25) is 0 Å². The molecule has 1 N–H and O–H groups in total. The summed E-state index contributed by atoms with van der Waals surface area (Å²) < 4.78 is 2.11. The minimum Gasteiger partial charge on any atom is -0.337 e. The predicted molar refractivity (Wildman–Crippen MR) is 104 cm³/mol. The topological polar surface area (TPSA) is 29.9 Å². The van der Waals surface area contributed by atoms with Gasteiger partial charge in [0.1, 0.15) is 0 Å². The number of imidazole rings is 1. The molecule has 0 amide bonds. The monoisotopic (exact) mass is 363 g/mol. The van der Waals surface area contributed by atoms with Gasteiger partial charge in [0.2, 0.25) is 0 Å². The van der Waals surface area contributed by atoms with Crippen molar-refractivity contribution in [1.29, 1.82) is 0 Å². The molecule has 0 fully saturated rings. The van der Waals surface area contributed by atoms with Gasteiger partial charge in [-0.1, -0.05) is 60.7 Å². The number of aromatic nitrogens is 2. The Morgan fingerprint density at radius 2 is 1.46 bits per heavy atom. The molecule has 1 aromatic heterocycles. The molecule has 0 spiro atoms. The van der Waals surface area contributed by atoms with E-state index in [1.54, 1.807) is 0 Å². The van der Waals surface area contributed by atoms with Crippen LogP contribution >= 0.6 is 24.8 Å². The fraction of sp³-hybridized carbons (Fsp3) is 0.211. The fourth-order valence-electron chi connectivity index (χ4n) is 2.65. The van der Waals surface area contributed by atoms with Crippen LogP contribution in [0.25, 0.3) is 0 Å². The van der Waals surface area contributed by atoms with Crippen LogP contribution in [0.5, 0.6) is 0 Å². The van der Waals surface area contributed by atoms with Gasteiger partial charge in [-0.05, 0) is 24.1 Å². The van der Waals surface area contributed by atoms with Crippen molar-refractivity contribution in [3.05, 3.63) is 90.5 Å². The molecule has 2 aromatic carbocycles. The summed E-state index contributed by atoms with van der Waals surface area (Å²) in [5, 5.41) is 3.68. The van der Waals surface area contributed by atoms with Crippen molar-refractivity contribution < 1.29 is 0 Å². The third-order valence-electron chi connectivity index (χ3n) is 3.77. The van der Waals surface area contributed by atoms with Crippen LogP contribution in [0.15, 0.2) is 79.4 Å². The van der Waals surface area contributed by atoms with E-state index < -0.39 is 0 Å². The highest BCUT2D eigenvalue weighted by atomic mass is 35.5. The molecular formula is C19H23Cl2N3. The molecule has 128 valence electrons. The third kappa shape index (κ3) is 5.68. The van der Waals surface area contributed by atoms with E-state index in [-0.39, 0.29) is 30.9 Å². The first kappa shape index (κ1) is 20.2. The number of rotatable bonds is 7. The van der Waals surface area contributed by atoms with Crippen LogP contribution in [-0.2, 0) is 6.54 Å². The molecule has 1 heterocycles. The van der Waals surface area contributed by atoms with Gasteiger partial charge in [0.15, 0.2) is 0 Å². The van der Waals surface area contributed by atoms with E-state index in [9.17, 15) is 0 Å². The zero-order valence-corrected chi connectivity index (χ0v) is 15.0. The maximum absolute atomic E-state index is 4.07. The van der Waals surface area contributed by atoms with Gasteiger partial charge >= 0.3 is 0 Å². The van der Waals surface area contributed by atoms with Gasteiger partial charge in [-0.2, -0.15) is 0 Å². The molecule has 0 atom stereocenters. The van der Waals surface area contributed by atoms with E-state index in [2.05, 4.69) is 75.5 Å². The second kappa shape index (κ2) is 10.9. The minimum absolute atomic E-state index is 0. The molecule has 0 saturated heterocycles. The van der Waals surface area contributed by atoms with E-state index in [1.807, 2.05) is 18.7 Å². The van der Waals surface area contributed by atoms with Gasteiger partial charge in [-0.15, -0.1) is 24.8 Å². The maximum Gasteiger partial charge on any atom is 0.0945 e.